The summed E-state index contributed by atoms with van der Waals surface area (Å²) in [6.45, 7) is 0. The van der Waals surface area contributed by atoms with Crippen molar-refractivity contribution in [1.29, 1.82) is 0 Å². The van der Waals surface area contributed by atoms with Crippen LogP contribution >= 0.6 is 0 Å². The van der Waals surface area contributed by atoms with Gasteiger partial charge >= 0.3 is 81.1 Å². The molecule has 0 saturated heterocycles. The number of hydrogen-bond acceptors (Lipinski definition) is 0. The van der Waals surface area contributed by atoms with Gasteiger partial charge in [0.15, 0.2) is 0 Å². The van der Waals surface area contributed by atoms with E-state index in [1.807, 2.05) is 0 Å². The molecule has 0 saturated carbocycles. The van der Waals surface area contributed by atoms with E-state index in [0.29, 0.717) is 0 Å². The molecule has 0 unspecified atom stereocenters. The molecule has 0 bridgehead atoms. The molecule has 0 fully saturated rings. The summed E-state index contributed by atoms with van der Waals surface area (Å²) in [7, 11) is 0. The van der Waals surface area contributed by atoms with Crippen LogP contribution in [0.2, 0.25) is 0 Å². The van der Waals surface area contributed by atoms with Crippen molar-refractivity contribution in [1.82, 2.24) is 0 Å². The van der Waals surface area contributed by atoms with Gasteiger partial charge in [0.2, 0.25) is 0 Å². The van der Waals surface area contributed by atoms with Gasteiger partial charge in [0.1, 0.15) is 0 Å². The first-order valence-corrected chi connectivity index (χ1v) is 0. The Morgan fingerprint density at radius 3 is 0.429 bits per heavy atom. The van der Waals surface area contributed by atoms with Gasteiger partial charge < -0.3 is 23.5 Å². The molecule has 0 heterocycles. The van der Waals surface area contributed by atoms with E-state index in [4.69, 9.17) is 0 Å². The van der Waals surface area contributed by atoms with Crippen molar-refractivity contribution in [2.75, 3.05) is 0 Å². The molecule has 0 atom stereocenters. The third-order valence-electron chi connectivity index (χ3n) is 0. The molecule has 7 heteroatoms. The van der Waals surface area contributed by atoms with Crippen molar-refractivity contribution in [3.63, 3.8) is 0 Å². The monoisotopic (exact) mass is 322 g/mol. The summed E-state index contributed by atoms with van der Waals surface area (Å²) >= 11 is 0. The normalized spacial score (nSPS) is 0. The SMILES string of the molecule is [F-].[F-].[F-].[F-].[F-].[La+3].[Sr+2]. The minimum absolute atomic E-state index is 0. The summed E-state index contributed by atoms with van der Waals surface area (Å²) in [5, 5.41) is 0. The maximum Gasteiger partial charge on any atom is 3.00 e. The van der Waals surface area contributed by atoms with E-state index in [1.165, 1.54) is 0 Å². The van der Waals surface area contributed by atoms with Gasteiger partial charge in [-0.3, -0.25) is 0 Å². The molecule has 0 aliphatic heterocycles. The van der Waals surface area contributed by atoms with E-state index >= 15 is 0 Å². The zero-order valence-electron chi connectivity index (χ0n) is 3.17. The van der Waals surface area contributed by atoms with E-state index in [-0.39, 0.29) is 105 Å². The molecule has 0 amide bonds. The zero-order valence-corrected chi connectivity index (χ0v) is 10.3. The summed E-state index contributed by atoms with van der Waals surface area (Å²) in [5.74, 6) is 0. The molecule has 0 aromatic carbocycles. The fraction of sp³-hybridized carbons (Fsp3) is 0. The molecule has 0 rings (SSSR count). The van der Waals surface area contributed by atoms with Crippen LogP contribution in [0.1, 0.15) is 0 Å². The summed E-state index contributed by atoms with van der Waals surface area (Å²) in [6, 6.07) is 0. The number of halogens is 5. The van der Waals surface area contributed by atoms with Crippen LogP contribution in [-0.4, -0.2) is 45.5 Å². The Morgan fingerprint density at radius 2 is 0.429 bits per heavy atom. The van der Waals surface area contributed by atoms with Crippen molar-refractivity contribution >= 4 is 45.5 Å². The second-order valence-electron chi connectivity index (χ2n) is 0. The predicted octanol–water partition coefficient (Wildman–Crippen LogP) is -15.4. The maximum absolute atomic E-state index is 0. The van der Waals surface area contributed by atoms with Crippen LogP contribution in [0.15, 0.2) is 0 Å². The van der Waals surface area contributed by atoms with Crippen LogP contribution in [0.25, 0.3) is 0 Å². The van der Waals surface area contributed by atoms with E-state index < -0.39 is 0 Å². The fourth-order valence-corrected chi connectivity index (χ4v) is 0. The summed E-state index contributed by atoms with van der Waals surface area (Å²) < 4.78 is 0. The smallest absolute Gasteiger partial charge is 1.00 e. The van der Waals surface area contributed by atoms with Gasteiger partial charge in [-0.05, 0) is 0 Å². The molecule has 0 aromatic heterocycles. The Balaban J connectivity index is 0. The van der Waals surface area contributed by atoms with Crippen LogP contribution in [0.3, 0.4) is 0 Å². The Bertz CT molecular complexity index is 8.04. The topological polar surface area (TPSA) is 0 Å². The average molecular weight is 322 g/mol. The Morgan fingerprint density at radius 1 is 0.429 bits per heavy atom. The minimum atomic E-state index is 0. The van der Waals surface area contributed by atoms with Crippen molar-refractivity contribution in [3.05, 3.63) is 0 Å². The molecule has 0 aliphatic rings. The second-order valence-corrected chi connectivity index (χ2v) is 0. The van der Waals surface area contributed by atoms with Gasteiger partial charge in [-0.15, -0.1) is 0 Å². The summed E-state index contributed by atoms with van der Waals surface area (Å²) in [6.07, 6.45) is 0. The molecule has 0 N–H and O–H groups in total. The van der Waals surface area contributed by atoms with Crippen molar-refractivity contribution in [2.45, 2.75) is 0 Å². The molecule has 0 spiro atoms. The summed E-state index contributed by atoms with van der Waals surface area (Å²) in [5.41, 5.74) is 0. The first kappa shape index (κ1) is 120. The predicted molar refractivity (Wildman–Crippen MR) is 5.75 cm³/mol. The van der Waals surface area contributed by atoms with E-state index in [1.54, 1.807) is 0 Å². The first-order chi connectivity index (χ1) is 0. The van der Waals surface area contributed by atoms with Crippen LogP contribution in [0, 0.1) is 35.6 Å². The van der Waals surface area contributed by atoms with Crippen LogP contribution in [0.5, 0.6) is 0 Å². The molecular formula is F5LaSr. The Labute approximate surface area is 103 Å². The average Bonchev–Trinajstić information content (AvgIpc) is 0. The third-order valence-corrected chi connectivity index (χ3v) is 0. The van der Waals surface area contributed by atoms with E-state index in [9.17, 15) is 0 Å². The molecule has 7 heavy (non-hydrogen) atoms. The fourth-order valence-electron chi connectivity index (χ4n) is 0. The molecule has 0 aliphatic carbocycles. The summed E-state index contributed by atoms with van der Waals surface area (Å²) in [4.78, 5) is 0. The van der Waals surface area contributed by atoms with Crippen LogP contribution < -0.4 is 23.5 Å². The second kappa shape index (κ2) is 82.6. The maximum atomic E-state index is 0. The van der Waals surface area contributed by atoms with Gasteiger partial charge in [0, 0.05) is 0 Å². The molecular weight excluding hydrogens is 322 g/mol. The van der Waals surface area contributed by atoms with E-state index in [2.05, 4.69) is 0 Å². The van der Waals surface area contributed by atoms with Crippen LogP contribution in [-0.2, 0) is 0 Å². The van der Waals surface area contributed by atoms with Crippen molar-refractivity contribution < 1.29 is 59.1 Å². The zero-order chi connectivity index (χ0) is 0. The van der Waals surface area contributed by atoms with Gasteiger partial charge in [-0.1, -0.05) is 0 Å². The van der Waals surface area contributed by atoms with Crippen molar-refractivity contribution in [3.8, 4) is 0 Å². The van der Waals surface area contributed by atoms with E-state index in [0.717, 1.165) is 0 Å². The standard InChI is InChI=1S/5FH.La.Sr/h5*1H;;/q;;;;;+3;+2/p-5. The van der Waals surface area contributed by atoms with Crippen molar-refractivity contribution in [2.24, 2.45) is 0 Å². The molecule has 0 radical (unpaired) electrons. The largest absolute Gasteiger partial charge is 3.00 e. The van der Waals surface area contributed by atoms with Crippen LogP contribution in [0.4, 0.5) is 0 Å². The van der Waals surface area contributed by atoms with Gasteiger partial charge in [0.25, 0.3) is 0 Å². The molecule has 0 nitrogen and oxygen atoms in total. The third kappa shape index (κ3) is 61.6. The Kier molecular flexibility index (Phi) is 1410. The van der Waals surface area contributed by atoms with Gasteiger partial charge in [0.05, 0.1) is 0 Å². The quantitative estimate of drug-likeness (QED) is 0.307. The van der Waals surface area contributed by atoms with Gasteiger partial charge in [-0.25, -0.2) is 0 Å². The number of rotatable bonds is 0. The Hall–Kier alpha value is 2.33. The number of hydrogen-bond donors (Lipinski definition) is 0. The van der Waals surface area contributed by atoms with Gasteiger partial charge in [-0.2, -0.15) is 0 Å². The molecule has 40 valence electrons. The molecule has 0 aromatic rings. The minimum Gasteiger partial charge on any atom is -1.00 e. The first-order valence-electron chi connectivity index (χ1n) is 0.